The van der Waals surface area contributed by atoms with Crippen LogP contribution < -0.4 is 10.1 Å². The van der Waals surface area contributed by atoms with Gasteiger partial charge in [0.05, 0.1) is 4.47 Å². The number of hydrogen-bond acceptors (Lipinski definition) is 3. The van der Waals surface area contributed by atoms with E-state index in [1.807, 2.05) is 0 Å². The molecule has 116 valence electrons. The molecule has 0 saturated heterocycles. The average Bonchev–Trinajstić information content (AvgIpc) is 2.38. The van der Waals surface area contributed by atoms with Gasteiger partial charge in [0.25, 0.3) is 5.91 Å². The van der Waals surface area contributed by atoms with Crippen LogP contribution in [0.1, 0.15) is 20.3 Å². The van der Waals surface area contributed by atoms with Crippen LogP contribution in [0.3, 0.4) is 0 Å². The highest BCUT2D eigenvalue weighted by molar-refractivity contribution is 9.10. The maximum atomic E-state index is 12.9. The first kappa shape index (κ1) is 17.4. The first-order valence-corrected chi connectivity index (χ1v) is 7.20. The van der Waals surface area contributed by atoms with E-state index in [4.69, 9.17) is 9.84 Å². The number of amides is 1. The molecular weight excluding hydrogens is 345 g/mol. The standard InChI is InChI=1S/C14H17BrFNO4/c1-8(5-13(18)19)7-17-14(20)9(2)21-12-4-3-10(16)6-11(12)15/h3-4,6,8-9H,5,7H2,1-2H3,(H,17,20)(H,18,19). The van der Waals surface area contributed by atoms with Gasteiger partial charge in [-0.2, -0.15) is 0 Å². The summed E-state index contributed by atoms with van der Waals surface area (Å²) in [5.74, 6) is -1.48. The van der Waals surface area contributed by atoms with E-state index < -0.39 is 17.9 Å². The van der Waals surface area contributed by atoms with Gasteiger partial charge in [0.1, 0.15) is 11.6 Å². The van der Waals surface area contributed by atoms with Crippen LogP contribution in [-0.4, -0.2) is 29.6 Å². The zero-order valence-corrected chi connectivity index (χ0v) is 13.3. The monoisotopic (exact) mass is 361 g/mol. The number of hydrogen-bond donors (Lipinski definition) is 2. The SMILES string of the molecule is CC(CNC(=O)C(C)Oc1ccc(F)cc1Br)CC(=O)O. The summed E-state index contributed by atoms with van der Waals surface area (Å²) in [7, 11) is 0. The van der Waals surface area contributed by atoms with E-state index in [2.05, 4.69) is 21.2 Å². The van der Waals surface area contributed by atoms with Crippen molar-refractivity contribution in [1.29, 1.82) is 0 Å². The molecule has 21 heavy (non-hydrogen) atoms. The second-order valence-electron chi connectivity index (χ2n) is 4.78. The molecule has 2 unspecified atom stereocenters. The van der Waals surface area contributed by atoms with Crippen molar-refractivity contribution in [2.75, 3.05) is 6.54 Å². The normalized spacial score (nSPS) is 13.3. The molecule has 1 rings (SSSR count). The summed E-state index contributed by atoms with van der Waals surface area (Å²) in [5, 5.41) is 11.3. The number of benzene rings is 1. The van der Waals surface area contributed by atoms with Crippen molar-refractivity contribution < 1.29 is 23.8 Å². The van der Waals surface area contributed by atoms with E-state index in [0.29, 0.717) is 10.2 Å². The number of halogens is 2. The molecule has 0 radical (unpaired) electrons. The molecule has 0 aromatic heterocycles. The average molecular weight is 362 g/mol. The molecule has 2 N–H and O–H groups in total. The van der Waals surface area contributed by atoms with E-state index in [-0.39, 0.29) is 24.8 Å². The lowest BCUT2D eigenvalue weighted by atomic mass is 10.1. The number of nitrogens with one attached hydrogen (secondary N) is 1. The van der Waals surface area contributed by atoms with E-state index >= 15 is 0 Å². The summed E-state index contributed by atoms with van der Waals surface area (Å²) < 4.78 is 18.8. The van der Waals surface area contributed by atoms with Crippen LogP contribution in [0.4, 0.5) is 4.39 Å². The number of carboxylic acid groups (broad SMARTS) is 1. The largest absolute Gasteiger partial charge is 0.481 e. The predicted molar refractivity (Wildman–Crippen MR) is 78.6 cm³/mol. The highest BCUT2D eigenvalue weighted by atomic mass is 79.9. The maximum Gasteiger partial charge on any atom is 0.303 e. The highest BCUT2D eigenvalue weighted by Crippen LogP contribution is 2.26. The molecule has 0 aliphatic heterocycles. The Kier molecular flexibility index (Phi) is 6.61. The minimum atomic E-state index is -0.906. The Morgan fingerprint density at radius 2 is 2.10 bits per heavy atom. The smallest absolute Gasteiger partial charge is 0.303 e. The van der Waals surface area contributed by atoms with Crippen LogP contribution in [-0.2, 0) is 9.59 Å². The fraction of sp³-hybridized carbons (Fsp3) is 0.429. The Morgan fingerprint density at radius 1 is 1.43 bits per heavy atom. The van der Waals surface area contributed by atoms with Gasteiger partial charge in [-0.15, -0.1) is 0 Å². The van der Waals surface area contributed by atoms with Crippen molar-refractivity contribution >= 4 is 27.8 Å². The Labute approximate surface area is 130 Å². The molecule has 1 aromatic carbocycles. The van der Waals surface area contributed by atoms with E-state index in [0.717, 1.165) is 0 Å². The van der Waals surface area contributed by atoms with Crippen molar-refractivity contribution in [2.45, 2.75) is 26.4 Å². The molecule has 2 atom stereocenters. The molecule has 0 fully saturated rings. The van der Waals surface area contributed by atoms with Crippen molar-refractivity contribution in [3.05, 3.63) is 28.5 Å². The molecule has 0 heterocycles. The number of carbonyl (C=O) groups is 2. The molecule has 0 bridgehead atoms. The predicted octanol–water partition coefficient (Wildman–Crippen LogP) is 2.58. The van der Waals surface area contributed by atoms with Crippen LogP contribution >= 0.6 is 15.9 Å². The van der Waals surface area contributed by atoms with Gasteiger partial charge < -0.3 is 15.2 Å². The number of carboxylic acids is 1. The molecule has 0 aliphatic carbocycles. The zero-order chi connectivity index (χ0) is 16.0. The minimum Gasteiger partial charge on any atom is -0.481 e. The lowest BCUT2D eigenvalue weighted by molar-refractivity contribution is -0.138. The molecular formula is C14H17BrFNO4. The van der Waals surface area contributed by atoms with E-state index in [1.54, 1.807) is 13.8 Å². The second-order valence-corrected chi connectivity index (χ2v) is 5.64. The van der Waals surface area contributed by atoms with Gasteiger partial charge in [0.15, 0.2) is 6.10 Å². The van der Waals surface area contributed by atoms with Gasteiger partial charge in [-0.3, -0.25) is 9.59 Å². The van der Waals surface area contributed by atoms with Crippen LogP contribution in [0.15, 0.2) is 22.7 Å². The van der Waals surface area contributed by atoms with Crippen molar-refractivity contribution in [3.8, 4) is 5.75 Å². The molecule has 7 heteroatoms. The summed E-state index contributed by atoms with van der Waals surface area (Å²) in [5.41, 5.74) is 0. The van der Waals surface area contributed by atoms with Crippen molar-refractivity contribution in [2.24, 2.45) is 5.92 Å². The Bertz CT molecular complexity index is 524. The molecule has 1 aromatic rings. The van der Waals surface area contributed by atoms with E-state index in [1.165, 1.54) is 18.2 Å². The summed E-state index contributed by atoms with van der Waals surface area (Å²) in [4.78, 5) is 22.4. The number of aliphatic carboxylic acids is 1. The van der Waals surface area contributed by atoms with Crippen LogP contribution in [0.2, 0.25) is 0 Å². The van der Waals surface area contributed by atoms with Crippen LogP contribution in [0.5, 0.6) is 5.75 Å². The first-order chi connectivity index (χ1) is 9.79. The molecule has 0 spiro atoms. The zero-order valence-electron chi connectivity index (χ0n) is 11.7. The van der Waals surface area contributed by atoms with Gasteiger partial charge in [-0.25, -0.2) is 4.39 Å². The lowest BCUT2D eigenvalue weighted by Crippen LogP contribution is -2.38. The van der Waals surface area contributed by atoms with Crippen LogP contribution in [0, 0.1) is 11.7 Å². The van der Waals surface area contributed by atoms with Gasteiger partial charge in [0.2, 0.25) is 0 Å². The van der Waals surface area contributed by atoms with Crippen molar-refractivity contribution in [3.63, 3.8) is 0 Å². The first-order valence-electron chi connectivity index (χ1n) is 6.40. The van der Waals surface area contributed by atoms with Gasteiger partial charge in [-0.1, -0.05) is 6.92 Å². The topological polar surface area (TPSA) is 75.6 Å². The highest BCUT2D eigenvalue weighted by Gasteiger charge is 2.17. The second kappa shape index (κ2) is 7.97. The van der Waals surface area contributed by atoms with Gasteiger partial charge in [-0.05, 0) is 47.0 Å². The number of rotatable bonds is 7. The Hall–Kier alpha value is -1.63. The Balaban J connectivity index is 2.49. The van der Waals surface area contributed by atoms with Crippen LogP contribution in [0.25, 0.3) is 0 Å². The molecule has 0 saturated carbocycles. The fourth-order valence-corrected chi connectivity index (χ4v) is 2.05. The third-order valence-electron chi connectivity index (χ3n) is 2.71. The summed E-state index contributed by atoms with van der Waals surface area (Å²) in [6.45, 7) is 3.55. The summed E-state index contributed by atoms with van der Waals surface area (Å²) in [6, 6.07) is 3.91. The molecule has 5 nitrogen and oxygen atoms in total. The summed E-state index contributed by atoms with van der Waals surface area (Å²) >= 11 is 3.15. The quantitative estimate of drug-likeness (QED) is 0.782. The molecule has 0 aliphatic rings. The van der Waals surface area contributed by atoms with Gasteiger partial charge in [0, 0.05) is 13.0 Å². The third-order valence-corrected chi connectivity index (χ3v) is 3.33. The number of ether oxygens (including phenoxy) is 1. The maximum absolute atomic E-state index is 12.9. The van der Waals surface area contributed by atoms with E-state index in [9.17, 15) is 14.0 Å². The minimum absolute atomic E-state index is 0.0149. The molecule has 1 amide bonds. The third kappa shape index (κ3) is 6.12. The summed E-state index contributed by atoms with van der Waals surface area (Å²) in [6.07, 6.45) is -0.789. The number of carbonyl (C=O) groups excluding carboxylic acids is 1. The van der Waals surface area contributed by atoms with Crippen molar-refractivity contribution in [1.82, 2.24) is 5.32 Å². The lowest BCUT2D eigenvalue weighted by Gasteiger charge is -2.17. The Morgan fingerprint density at radius 3 is 2.67 bits per heavy atom. The fourth-order valence-electron chi connectivity index (χ4n) is 1.60. The van der Waals surface area contributed by atoms with Gasteiger partial charge >= 0.3 is 5.97 Å².